The first-order chi connectivity index (χ1) is 4.56. The first kappa shape index (κ1) is 13.0. The van der Waals surface area contributed by atoms with Crippen LogP contribution in [0.15, 0.2) is 23.0 Å². The molecule has 6 nitrogen and oxygen atoms in total. The molecule has 0 rings (SSSR count). The van der Waals surface area contributed by atoms with Crippen LogP contribution in [0.4, 0.5) is 0 Å². The second-order valence-corrected chi connectivity index (χ2v) is 3.23. The molecule has 11 heavy (non-hydrogen) atoms. The topological polar surface area (TPSA) is 103 Å². The standard InChI is InChI=1S/C3H5ClN2O3S.H3N/c1-2-3-5-6-9-10(4,7)8;/h2H,1,3H2;1H3. The predicted molar refractivity (Wildman–Crippen MR) is 40.8 cm³/mol. The maximum absolute atomic E-state index is 9.96. The van der Waals surface area contributed by atoms with Crippen molar-refractivity contribution in [3.63, 3.8) is 0 Å². The first-order valence-corrected chi connectivity index (χ1v) is 4.40. The van der Waals surface area contributed by atoms with Crippen molar-refractivity contribution in [2.24, 2.45) is 10.4 Å². The minimum Gasteiger partial charge on any atom is -0.344 e. The van der Waals surface area contributed by atoms with Gasteiger partial charge in [0, 0.05) is 5.28 Å². The summed E-state index contributed by atoms with van der Waals surface area (Å²) in [6.45, 7) is 3.49. The van der Waals surface area contributed by atoms with Crippen LogP contribution in [0.1, 0.15) is 0 Å². The Morgan fingerprint density at radius 2 is 2.18 bits per heavy atom. The summed E-state index contributed by atoms with van der Waals surface area (Å²) >= 11 is 0. The van der Waals surface area contributed by atoms with E-state index in [1.165, 1.54) is 6.08 Å². The molecule has 0 bridgehead atoms. The lowest BCUT2D eigenvalue weighted by Gasteiger charge is -1.85. The Hall–Kier alpha value is -0.660. The van der Waals surface area contributed by atoms with Gasteiger partial charge in [0.2, 0.25) is 0 Å². The summed E-state index contributed by atoms with van der Waals surface area (Å²) in [6, 6.07) is 0. The van der Waals surface area contributed by atoms with Crippen molar-refractivity contribution < 1.29 is 12.7 Å². The molecule has 0 saturated heterocycles. The van der Waals surface area contributed by atoms with Crippen LogP contribution in [0.5, 0.6) is 0 Å². The van der Waals surface area contributed by atoms with E-state index in [0.29, 0.717) is 0 Å². The molecule has 0 aliphatic carbocycles. The second kappa shape index (κ2) is 6.08. The molecular formula is C3H8ClN3O3S. The fourth-order valence-corrected chi connectivity index (χ4v) is 0.357. The largest absolute Gasteiger partial charge is 0.421 e. The van der Waals surface area contributed by atoms with Gasteiger partial charge >= 0.3 is 9.33 Å². The normalized spacial score (nSPS) is 10.6. The zero-order valence-corrected chi connectivity index (χ0v) is 7.18. The van der Waals surface area contributed by atoms with E-state index >= 15 is 0 Å². The minimum atomic E-state index is -4.03. The average Bonchev–Trinajstić information content (AvgIpc) is 1.78. The molecule has 0 spiro atoms. The Labute approximate surface area is 69.1 Å². The molecule has 0 aliphatic heterocycles. The molecule has 0 unspecified atom stereocenters. The molecule has 0 amide bonds. The summed E-state index contributed by atoms with van der Waals surface area (Å²) in [6.07, 6.45) is 1.42. The van der Waals surface area contributed by atoms with Gasteiger partial charge in [0.1, 0.15) is 0 Å². The van der Waals surface area contributed by atoms with E-state index in [4.69, 9.17) is 0 Å². The second-order valence-electron chi connectivity index (χ2n) is 1.16. The Morgan fingerprint density at radius 3 is 2.55 bits per heavy atom. The van der Waals surface area contributed by atoms with Gasteiger partial charge in [-0.15, -0.1) is 11.7 Å². The molecule has 0 aromatic heterocycles. The Balaban J connectivity index is 0. The first-order valence-electron chi connectivity index (χ1n) is 2.17. The molecule has 0 aromatic rings. The summed E-state index contributed by atoms with van der Waals surface area (Å²) in [7, 11) is 0.555. The van der Waals surface area contributed by atoms with Gasteiger partial charge in [-0.3, -0.25) is 0 Å². The van der Waals surface area contributed by atoms with Crippen molar-refractivity contribution in [3.05, 3.63) is 12.7 Å². The van der Waals surface area contributed by atoms with Gasteiger partial charge in [0.05, 0.1) is 17.2 Å². The smallest absolute Gasteiger partial charge is 0.344 e. The van der Waals surface area contributed by atoms with Gasteiger partial charge in [-0.2, -0.15) is 8.42 Å². The molecule has 66 valence electrons. The summed E-state index contributed by atoms with van der Waals surface area (Å²) in [5, 5.41) is 5.96. The van der Waals surface area contributed by atoms with Crippen LogP contribution in [0, 0.1) is 0 Å². The molecule has 0 aromatic carbocycles. The lowest BCUT2D eigenvalue weighted by atomic mass is 10.7. The van der Waals surface area contributed by atoms with Gasteiger partial charge in [-0.1, -0.05) is 6.08 Å². The van der Waals surface area contributed by atoms with Crippen LogP contribution in [0.3, 0.4) is 0 Å². The lowest BCUT2D eigenvalue weighted by molar-refractivity contribution is 0.319. The molecule has 0 atom stereocenters. The average molecular weight is 202 g/mol. The molecular weight excluding hydrogens is 194 g/mol. The van der Waals surface area contributed by atoms with Crippen molar-refractivity contribution in [1.82, 2.24) is 6.15 Å². The Bertz CT molecular complexity index is 224. The molecule has 0 aliphatic rings. The fourth-order valence-electron chi connectivity index (χ4n) is 0.154. The van der Waals surface area contributed by atoms with E-state index in [9.17, 15) is 8.42 Å². The summed E-state index contributed by atoms with van der Waals surface area (Å²) in [5.41, 5.74) is 0. The summed E-state index contributed by atoms with van der Waals surface area (Å²) in [5.74, 6) is 0. The van der Waals surface area contributed by atoms with Crippen molar-refractivity contribution in [2.45, 2.75) is 0 Å². The molecule has 0 saturated carbocycles. The Morgan fingerprint density at radius 1 is 1.64 bits per heavy atom. The van der Waals surface area contributed by atoms with Crippen LogP contribution in [-0.2, 0) is 13.6 Å². The number of halogens is 1. The molecule has 3 N–H and O–H groups in total. The number of hydrogen-bond acceptors (Lipinski definition) is 6. The van der Waals surface area contributed by atoms with Crippen molar-refractivity contribution in [2.75, 3.05) is 6.54 Å². The van der Waals surface area contributed by atoms with E-state index in [1.807, 2.05) is 0 Å². The number of rotatable bonds is 4. The van der Waals surface area contributed by atoms with Crippen LogP contribution in [0.2, 0.25) is 0 Å². The van der Waals surface area contributed by atoms with E-state index in [1.54, 1.807) is 0 Å². The van der Waals surface area contributed by atoms with Gasteiger partial charge in [0.15, 0.2) is 0 Å². The van der Waals surface area contributed by atoms with Gasteiger partial charge in [-0.25, -0.2) is 4.28 Å². The fraction of sp³-hybridized carbons (Fsp3) is 0.333. The lowest BCUT2D eigenvalue weighted by Crippen LogP contribution is -1.88. The van der Waals surface area contributed by atoms with E-state index in [2.05, 4.69) is 31.9 Å². The van der Waals surface area contributed by atoms with E-state index in [-0.39, 0.29) is 12.7 Å². The number of hydrogen-bond donors (Lipinski definition) is 1. The Kier molecular flexibility index (Phi) is 7.16. The van der Waals surface area contributed by atoms with Gasteiger partial charge in [-0.05, 0) is 0 Å². The third-order valence-corrected chi connectivity index (χ3v) is 0.805. The van der Waals surface area contributed by atoms with Crippen LogP contribution in [-0.4, -0.2) is 15.0 Å². The highest BCUT2D eigenvalue weighted by molar-refractivity contribution is 8.09. The van der Waals surface area contributed by atoms with Crippen LogP contribution >= 0.6 is 10.7 Å². The quantitative estimate of drug-likeness (QED) is 0.319. The van der Waals surface area contributed by atoms with E-state index in [0.717, 1.165) is 0 Å². The third kappa shape index (κ3) is 12.5. The van der Waals surface area contributed by atoms with Gasteiger partial charge < -0.3 is 6.15 Å². The third-order valence-electron chi connectivity index (χ3n) is 0.391. The zero-order chi connectivity index (χ0) is 8.04. The highest BCUT2D eigenvalue weighted by Gasteiger charge is 2.01. The molecule has 0 fully saturated rings. The van der Waals surface area contributed by atoms with Crippen LogP contribution in [0.25, 0.3) is 0 Å². The van der Waals surface area contributed by atoms with Crippen molar-refractivity contribution in [3.8, 4) is 0 Å². The van der Waals surface area contributed by atoms with E-state index < -0.39 is 9.33 Å². The maximum atomic E-state index is 9.96. The van der Waals surface area contributed by atoms with Crippen LogP contribution < -0.4 is 6.15 Å². The zero-order valence-electron chi connectivity index (χ0n) is 5.60. The highest BCUT2D eigenvalue weighted by atomic mass is 35.7. The van der Waals surface area contributed by atoms with Crippen molar-refractivity contribution >= 4 is 20.0 Å². The minimum absolute atomic E-state index is 0. The molecule has 0 heterocycles. The van der Waals surface area contributed by atoms with Crippen molar-refractivity contribution in [1.29, 1.82) is 0 Å². The highest BCUT2D eigenvalue weighted by Crippen LogP contribution is 1.98. The predicted octanol–water partition coefficient (Wildman–Crippen LogP) is 1.20. The number of nitrogens with zero attached hydrogens (tertiary/aromatic N) is 2. The maximum Gasteiger partial charge on any atom is 0.421 e. The molecule has 0 radical (unpaired) electrons. The van der Waals surface area contributed by atoms with Gasteiger partial charge in [0.25, 0.3) is 0 Å². The molecule has 8 heteroatoms. The SMILES string of the molecule is C=CCN=NOS(=O)(=O)Cl.N. The summed E-state index contributed by atoms with van der Waals surface area (Å²) < 4.78 is 23.6. The monoisotopic (exact) mass is 201 g/mol. The summed E-state index contributed by atoms with van der Waals surface area (Å²) in [4.78, 5) is 0.